The van der Waals surface area contributed by atoms with E-state index in [0.29, 0.717) is 0 Å². The van der Waals surface area contributed by atoms with Gasteiger partial charge < -0.3 is 10.6 Å². The minimum atomic E-state index is 0.727. The van der Waals surface area contributed by atoms with E-state index in [-0.39, 0.29) is 0 Å². The van der Waals surface area contributed by atoms with E-state index in [9.17, 15) is 0 Å². The third kappa shape index (κ3) is 2.46. The van der Waals surface area contributed by atoms with E-state index >= 15 is 0 Å². The molecule has 0 atom stereocenters. The highest BCUT2D eigenvalue weighted by molar-refractivity contribution is 5.67. The molecule has 1 heterocycles. The molecule has 0 spiro atoms. The number of fused-ring (bicyclic) bond motifs is 1. The van der Waals surface area contributed by atoms with Gasteiger partial charge in [0.1, 0.15) is 0 Å². The fourth-order valence-electron chi connectivity index (χ4n) is 2.59. The highest BCUT2D eigenvalue weighted by Crippen LogP contribution is 2.27. The van der Waals surface area contributed by atoms with Crippen LogP contribution in [0, 0.1) is 18.3 Å². The molecule has 1 aliphatic rings. The van der Waals surface area contributed by atoms with Crippen molar-refractivity contribution in [1.29, 1.82) is 5.26 Å². The van der Waals surface area contributed by atoms with Gasteiger partial charge in [-0.15, -0.1) is 0 Å². The summed E-state index contributed by atoms with van der Waals surface area (Å²) in [4.78, 5) is 0. The molecule has 0 unspecified atom stereocenters. The van der Waals surface area contributed by atoms with Crippen molar-refractivity contribution in [2.75, 3.05) is 17.2 Å². The molecule has 2 aromatic rings. The fraction of sp³-hybridized carbons (Fsp3) is 0.235. The molecule has 0 bridgehead atoms. The van der Waals surface area contributed by atoms with Gasteiger partial charge in [0, 0.05) is 23.6 Å². The number of nitriles is 1. The highest BCUT2D eigenvalue weighted by Gasteiger charge is 2.09. The van der Waals surface area contributed by atoms with Gasteiger partial charge >= 0.3 is 0 Å². The summed E-state index contributed by atoms with van der Waals surface area (Å²) < 4.78 is 0. The van der Waals surface area contributed by atoms with E-state index in [1.54, 1.807) is 0 Å². The van der Waals surface area contributed by atoms with Crippen molar-refractivity contribution in [3.63, 3.8) is 0 Å². The maximum Gasteiger partial charge on any atom is 0.0994 e. The topological polar surface area (TPSA) is 47.8 Å². The van der Waals surface area contributed by atoms with Crippen LogP contribution in [0.25, 0.3) is 0 Å². The molecule has 0 saturated carbocycles. The Morgan fingerprint density at radius 2 is 1.95 bits per heavy atom. The third-order valence-electron chi connectivity index (χ3n) is 3.68. The van der Waals surface area contributed by atoms with Crippen LogP contribution in [0.3, 0.4) is 0 Å². The Bertz CT molecular complexity index is 683. The Labute approximate surface area is 119 Å². The quantitative estimate of drug-likeness (QED) is 0.862. The summed E-state index contributed by atoms with van der Waals surface area (Å²) in [7, 11) is 0. The average molecular weight is 263 g/mol. The van der Waals surface area contributed by atoms with E-state index in [1.807, 2.05) is 25.1 Å². The monoisotopic (exact) mass is 263 g/mol. The first-order valence-electron chi connectivity index (χ1n) is 6.91. The number of aryl methyl sites for hydroxylation is 2. The molecule has 3 nitrogen and oxygen atoms in total. The molecule has 1 aliphatic heterocycles. The molecule has 0 aromatic heterocycles. The minimum absolute atomic E-state index is 0.727. The average Bonchev–Trinajstić information content (AvgIpc) is 2.47. The second-order valence-electron chi connectivity index (χ2n) is 5.17. The molecule has 0 aliphatic carbocycles. The molecule has 2 aromatic carbocycles. The molecule has 100 valence electrons. The lowest BCUT2D eigenvalue weighted by Crippen LogP contribution is -2.11. The van der Waals surface area contributed by atoms with Gasteiger partial charge in [-0.25, -0.2) is 0 Å². The molecule has 3 heteroatoms. The highest BCUT2D eigenvalue weighted by atomic mass is 14.9. The van der Waals surface area contributed by atoms with Crippen LogP contribution in [0.5, 0.6) is 0 Å². The second-order valence-corrected chi connectivity index (χ2v) is 5.17. The molecule has 0 radical (unpaired) electrons. The van der Waals surface area contributed by atoms with Crippen LogP contribution in [-0.4, -0.2) is 6.54 Å². The summed E-state index contributed by atoms with van der Waals surface area (Å²) in [6.45, 7) is 3.02. The summed E-state index contributed by atoms with van der Waals surface area (Å²) in [6.07, 6.45) is 2.32. The van der Waals surface area contributed by atoms with Crippen molar-refractivity contribution in [1.82, 2.24) is 0 Å². The van der Waals surface area contributed by atoms with Gasteiger partial charge in [-0.3, -0.25) is 0 Å². The lowest BCUT2D eigenvalue weighted by molar-refractivity contribution is 0.830. The number of hydrogen-bond donors (Lipinski definition) is 2. The SMILES string of the molecule is Cc1cc(Nc2ccc3c(c2)CCCN3)ccc1C#N. The molecule has 20 heavy (non-hydrogen) atoms. The van der Waals surface area contributed by atoms with Crippen LogP contribution in [-0.2, 0) is 6.42 Å². The lowest BCUT2D eigenvalue weighted by Gasteiger charge is -2.19. The molecule has 2 N–H and O–H groups in total. The zero-order valence-electron chi connectivity index (χ0n) is 11.5. The predicted octanol–water partition coefficient (Wildman–Crippen LogP) is 3.97. The Balaban J connectivity index is 1.84. The summed E-state index contributed by atoms with van der Waals surface area (Å²) >= 11 is 0. The first kappa shape index (κ1) is 12.6. The second kappa shape index (κ2) is 5.26. The Morgan fingerprint density at radius 1 is 1.15 bits per heavy atom. The Kier molecular flexibility index (Phi) is 3.30. The molecule has 3 rings (SSSR count). The zero-order chi connectivity index (χ0) is 13.9. The molecule has 0 fully saturated rings. The summed E-state index contributed by atoms with van der Waals surface area (Å²) in [5, 5.41) is 15.8. The van der Waals surface area contributed by atoms with E-state index < -0.39 is 0 Å². The van der Waals surface area contributed by atoms with E-state index in [4.69, 9.17) is 5.26 Å². The third-order valence-corrected chi connectivity index (χ3v) is 3.68. The number of hydrogen-bond acceptors (Lipinski definition) is 3. The van der Waals surface area contributed by atoms with Crippen LogP contribution < -0.4 is 10.6 Å². The fourth-order valence-corrected chi connectivity index (χ4v) is 2.59. The standard InChI is InChI=1S/C17H17N3/c1-12-9-15(5-4-14(12)11-18)20-16-6-7-17-13(10-16)3-2-8-19-17/h4-7,9-10,19-20H,2-3,8H2,1H3. The van der Waals surface area contributed by atoms with E-state index in [2.05, 4.69) is 34.9 Å². The van der Waals surface area contributed by atoms with E-state index in [0.717, 1.165) is 35.5 Å². The first-order valence-corrected chi connectivity index (χ1v) is 6.91. The predicted molar refractivity (Wildman–Crippen MR) is 82.4 cm³/mol. The van der Waals surface area contributed by atoms with Crippen LogP contribution in [0.2, 0.25) is 0 Å². The van der Waals surface area contributed by atoms with Crippen molar-refractivity contribution in [3.8, 4) is 6.07 Å². The first-order chi connectivity index (χ1) is 9.76. The number of rotatable bonds is 2. The number of anilines is 3. The normalized spacial score (nSPS) is 13.0. The van der Waals surface area contributed by atoms with Crippen molar-refractivity contribution in [2.24, 2.45) is 0 Å². The van der Waals surface area contributed by atoms with Crippen LogP contribution >= 0.6 is 0 Å². The zero-order valence-corrected chi connectivity index (χ0v) is 11.5. The summed E-state index contributed by atoms with van der Waals surface area (Å²) in [6, 6.07) is 14.4. The molecule has 0 amide bonds. The van der Waals surface area contributed by atoms with Crippen molar-refractivity contribution >= 4 is 17.1 Å². The van der Waals surface area contributed by atoms with Gasteiger partial charge in [-0.2, -0.15) is 5.26 Å². The minimum Gasteiger partial charge on any atom is -0.385 e. The van der Waals surface area contributed by atoms with Crippen LogP contribution in [0.1, 0.15) is 23.1 Å². The maximum absolute atomic E-state index is 8.95. The van der Waals surface area contributed by atoms with Crippen LogP contribution in [0.15, 0.2) is 36.4 Å². The summed E-state index contributed by atoms with van der Waals surface area (Å²) in [5.41, 5.74) is 6.45. The maximum atomic E-state index is 8.95. The lowest BCUT2D eigenvalue weighted by atomic mass is 10.0. The van der Waals surface area contributed by atoms with Gasteiger partial charge in [-0.1, -0.05) is 0 Å². The van der Waals surface area contributed by atoms with Gasteiger partial charge in [0.25, 0.3) is 0 Å². The van der Waals surface area contributed by atoms with Crippen molar-refractivity contribution in [3.05, 3.63) is 53.1 Å². The van der Waals surface area contributed by atoms with Crippen LogP contribution in [0.4, 0.5) is 17.1 Å². The van der Waals surface area contributed by atoms with Gasteiger partial charge in [0.15, 0.2) is 0 Å². The molecular weight excluding hydrogens is 246 g/mol. The smallest absolute Gasteiger partial charge is 0.0994 e. The van der Waals surface area contributed by atoms with Crippen molar-refractivity contribution < 1.29 is 0 Å². The van der Waals surface area contributed by atoms with Crippen molar-refractivity contribution in [2.45, 2.75) is 19.8 Å². The summed E-state index contributed by atoms with van der Waals surface area (Å²) in [5.74, 6) is 0. The molecular formula is C17H17N3. The van der Waals surface area contributed by atoms with E-state index in [1.165, 1.54) is 17.7 Å². The molecule has 0 saturated heterocycles. The van der Waals surface area contributed by atoms with Gasteiger partial charge in [0.2, 0.25) is 0 Å². The number of benzene rings is 2. The number of nitrogens with one attached hydrogen (secondary N) is 2. The Hall–Kier alpha value is -2.47. The van der Waals surface area contributed by atoms with Gasteiger partial charge in [-0.05, 0) is 67.3 Å². The Morgan fingerprint density at radius 3 is 2.75 bits per heavy atom. The number of nitrogens with zero attached hydrogens (tertiary/aromatic N) is 1. The largest absolute Gasteiger partial charge is 0.385 e. The van der Waals surface area contributed by atoms with Gasteiger partial charge in [0.05, 0.1) is 11.6 Å².